The summed E-state index contributed by atoms with van der Waals surface area (Å²) in [6, 6.07) is 10.9. The highest BCUT2D eigenvalue weighted by molar-refractivity contribution is 6.31. The van der Waals surface area contributed by atoms with Crippen LogP contribution in [0.4, 0.5) is 0 Å². The summed E-state index contributed by atoms with van der Waals surface area (Å²) >= 11 is 6.04. The third-order valence-electron chi connectivity index (χ3n) is 3.87. The molecule has 0 radical (unpaired) electrons. The topological polar surface area (TPSA) is 66.6 Å². The lowest BCUT2D eigenvalue weighted by atomic mass is 10.2. The standard InChI is InChI=1S/C19H19ClN2O4/c1-11-9-14(6-7-15(11)20)25-12(2)19-21-18(22-26-19)13-5-8-16(23-3)17(10-13)24-4/h5-10,12H,1-4H3/t12-/m0/s1. The molecule has 1 heterocycles. The summed E-state index contributed by atoms with van der Waals surface area (Å²) in [5.74, 6) is 2.74. The van der Waals surface area contributed by atoms with Crippen molar-refractivity contribution in [3.8, 4) is 28.6 Å². The molecule has 3 rings (SSSR count). The van der Waals surface area contributed by atoms with Crippen LogP contribution in [0.2, 0.25) is 5.02 Å². The van der Waals surface area contributed by atoms with Crippen LogP contribution in [0.5, 0.6) is 17.2 Å². The zero-order chi connectivity index (χ0) is 18.7. The average Bonchev–Trinajstić information content (AvgIpc) is 3.14. The summed E-state index contributed by atoms with van der Waals surface area (Å²) in [7, 11) is 3.16. The summed E-state index contributed by atoms with van der Waals surface area (Å²) in [6.07, 6.45) is -0.406. The Bertz CT molecular complexity index is 910. The van der Waals surface area contributed by atoms with E-state index in [-0.39, 0.29) is 0 Å². The lowest BCUT2D eigenvalue weighted by Crippen LogP contribution is -2.03. The van der Waals surface area contributed by atoms with Gasteiger partial charge < -0.3 is 18.7 Å². The molecule has 26 heavy (non-hydrogen) atoms. The molecule has 0 aliphatic rings. The Hall–Kier alpha value is -2.73. The first-order chi connectivity index (χ1) is 12.5. The van der Waals surface area contributed by atoms with Gasteiger partial charge in [0, 0.05) is 10.6 Å². The van der Waals surface area contributed by atoms with Crippen LogP contribution in [0.15, 0.2) is 40.9 Å². The van der Waals surface area contributed by atoms with Crippen molar-refractivity contribution in [2.45, 2.75) is 20.0 Å². The number of rotatable bonds is 6. The number of aryl methyl sites for hydroxylation is 1. The van der Waals surface area contributed by atoms with Crippen molar-refractivity contribution < 1.29 is 18.7 Å². The van der Waals surface area contributed by atoms with Gasteiger partial charge in [0.1, 0.15) is 5.75 Å². The van der Waals surface area contributed by atoms with Crippen molar-refractivity contribution in [3.63, 3.8) is 0 Å². The fraction of sp³-hybridized carbons (Fsp3) is 0.263. The minimum Gasteiger partial charge on any atom is -0.493 e. The number of methoxy groups -OCH3 is 2. The average molecular weight is 375 g/mol. The van der Waals surface area contributed by atoms with Crippen molar-refractivity contribution in [2.75, 3.05) is 14.2 Å². The van der Waals surface area contributed by atoms with Crippen molar-refractivity contribution in [1.29, 1.82) is 0 Å². The van der Waals surface area contributed by atoms with Crippen LogP contribution in [-0.4, -0.2) is 24.4 Å². The molecule has 136 valence electrons. The molecule has 0 fully saturated rings. The van der Waals surface area contributed by atoms with Gasteiger partial charge in [0.05, 0.1) is 14.2 Å². The van der Waals surface area contributed by atoms with Gasteiger partial charge in [-0.15, -0.1) is 0 Å². The SMILES string of the molecule is COc1ccc(-c2noc([C@H](C)Oc3ccc(Cl)c(C)c3)n2)cc1OC. The second-order valence-electron chi connectivity index (χ2n) is 5.70. The van der Waals surface area contributed by atoms with E-state index in [2.05, 4.69) is 10.1 Å². The van der Waals surface area contributed by atoms with Crippen LogP contribution in [0.25, 0.3) is 11.4 Å². The van der Waals surface area contributed by atoms with Gasteiger partial charge in [-0.3, -0.25) is 0 Å². The molecular weight excluding hydrogens is 356 g/mol. The Labute approximate surface area is 156 Å². The Kier molecular flexibility index (Phi) is 5.32. The van der Waals surface area contributed by atoms with Gasteiger partial charge in [-0.25, -0.2) is 0 Å². The number of hydrogen-bond donors (Lipinski definition) is 0. The van der Waals surface area contributed by atoms with E-state index in [0.29, 0.717) is 34.0 Å². The highest BCUT2D eigenvalue weighted by Gasteiger charge is 2.18. The van der Waals surface area contributed by atoms with E-state index in [4.69, 9.17) is 30.3 Å². The highest BCUT2D eigenvalue weighted by atomic mass is 35.5. The van der Waals surface area contributed by atoms with Crippen LogP contribution in [0, 0.1) is 6.92 Å². The fourth-order valence-electron chi connectivity index (χ4n) is 2.44. The first-order valence-corrected chi connectivity index (χ1v) is 8.38. The molecule has 6 nitrogen and oxygen atoms in total. The van der Waals surface area contributed by atoms with Gasteiger partial charge in [0.15, 0.2) is 17.6 Å². The summed E-state index contributed by atoms with van der Waals surface area (Å²) in [4.78, 5) is 4.42. The highest BCUT2D eigenvalue weighted by Crippen LogP contribution is 2.32. The number of aromatic nitrogens is 2. The van der Waals surface area contributed by atoms with Crippen molar-refractivity contribution in [3.05, 3.63) is 52.9 Å². The van der Waals surface area contributed by atoms with Crippen LogP contribution in [0.3, 0.4) is 0 Å². The molecule has 0 unspecified atom stereocenters. The number of nitrogens with zero attached hydrogens (tertiary/aromatic N) is 2. The minimum absolute atomic E-state index is 0.377. The predicted octanol–water partition coefficient (Wildman–Crippen LogP) is 4.86. The summed E-state index contributed by atoms with van der Waals surface area (Å²) in [6.45, 7) is 3.76. The largest absolute Gasteiger partial charge is 0.493 e. The Morgan fingerprint density at radius 2 is 1.81 bits per heavy atom. The molecule has 0 aliphatic heterocycles. The third kappa shape index (κ3) is 3.75. The smallest absolute Gasteiger partial charge is 0.267 e. The lowest BCUT2D eigenvalue weighted by Gasteiger charge is -2.11. The van der Waals surface area contributed by atoms with Crippen molar-refractivity contribution >= 4 is 11.6 Å². The van der Waals surface area contributed by atoms with E-state index in [1.54, 1.807) is 38.5 Å². The minimum atomic E-state index is -0.406. The molecule has 0 N–H and O–H groups in total. The molecule has 1 aromatic heterocycles. The second kappa shape index (κ2) is 7.66. The summed E-state index contributed by atoms with van der Waals surface area (Å²) in [5, 5.41) is 4.72. The molecule has 0 spiro atoms. The summed E-state index contributed by atoms with van der Waals surface area (Å²) in [5.41, 5.74) is 1.69. The quantitative estimate of drug-likeness (QED) is 0.614. The maximum atomic E-state index is 6.04. The van der Waals surface area contributed by atoms with E-state index >= 15 is 0 Å². The van der Waals surface area contributed by atoms with Gasteiger partial charge in [-0.1, -0.05) is 16.8 Å². The fourth-order valence-corrected chi connectivity index (χ4v) is 2.56. The molecular formula is C19H19ClN2O4. The lowest BCUT2D eigenvalue weighted by molar-refractivity contribution is 0.175. The zero-order valence-electron chi connectivity index (χ0n) is 14.9. The molecule has 0 bridgehead atoms. The zero-order valence-corrected chi connectivity index (χ0v) is 15.7. The third-order valence-corrected chi connectivity index (χ3v) is 4.30. The van der Waals surface area contributed by atoms with Gasteiger partial charge in [0.2, 0.25) is 5.82 Å². The number of hydrogen-bond acceptors (Lipinski definition) is 6. The molecule has 0 saturated heterocycles. The maximum Gasteiger partial charge on any atom is 0.267 e. The summed E-state index contributed by atoms with van der Waals surface area (Å²) < 4.78 is 21.8. The molecule has 0 saturated carbocycles. The number of ether oxygens (including phenoxy) is 3. The number of benzene rings is 2. The maximum absolute atomic E-state index is 6.04. The Morgan fingerprint density at radius 1 is 1.04 bits per heavy atom. The molecule has 0 aliphatic carbocycles. The van der Waals surface area contributed by atoms with E-state index < -0.39 is 6.10 Å². The Morgan fingerprint density at radius 3 is 2.50 bits per heavy atom. The van der Waals surface area contributed by atoms with Crippen LogP contribution in [0.1, 0.15) is 24.5 Å². The van der Waals surface area contributed by atoms with E-state index in [9.17, 15) is 0 Å². The van der Waals surface area contributed by atoms with Crippen LogP contribution >= 0.6 is 11.6 Å². The van der Waals surface area contributed by atoms with E-state index in [0.717, 1.165) is 11.1 Å². The molecule has 1 atom stereocenters. The van der Waals surface area contributed by atoms with Gasteiger partial charge in [0.25, 0.3) is 5.89 Å². The van der Waals surface area contributed by atoms with Crippen molar-refractivity contribution in [1.82, 2.24) is 10.1 Å². The van der Waals surface area contributed by atoms with E-state index in [1.807, 2.05) is 26.0 Å². The first-order valence-electron chi connectivity index (χ1n) is 8.00. The molecule has 2 aromatic carbocycles. The van der Waals surface area contributed by atoms with Crippen molar-refractivity contribution in [2.24, 2.45) is 0 Å². The predicted molar refractivity (Wildman–Crippen MR) is 98.1 cm³/mol. The van der Waals surface area contributed by atoms with Gasteiger partial charge >= 0.3 is 0 Å². The Balaban J connectivity index is 1.79. The molecule has 3 aromatic rings. The number of halogens is 1. The molecule has 7 heteroatoms. The van der Waals surface area contributed by atoms with Crippen LogP contribution in [-0.2, 0) is 0 Å². The second-order valence-corrected chi connectivity index (χ2v) is 6.10. The normalized spacial score (nSPS) is 11.9. The first kappa shape index (κ1) is 18.1. The van der Waals surface area contributed by atoms with Gasteiger partial charge in [-0.2, -0.15) is 4.98 Å². The van der Waals surface area contributed by atoms with Crippen LogP contribution < -0.4 is 14.2 Å². The van der Waals surface area contributed by atoms with Gasteiger partial charge in [-0.05, 0) is 55.8 Å². The molecule has 0 amide bonds. The monoisotopic (exact) mass is 374 g/mol. The van der Waals surface area contributed by atoms with E-state index in [1.165, 1.54) is 0 Å².